The van der Waals surface area contributed by atoms with Crippen LogP contribution >= 0.6 is 0 Å². The van der Waals surface area contributed by atoms with Crippen LogP contribution in [0.3, 0.4) is 0 Å². The number of aryl methyl sites for hydroxylation is 2. The summed E-state index contributed by atoms with van der Waals surface area (Å²) in [5.41, 5.74) is 4.14. The molecule has 1 heterocycles. The second-order valence-corrected chi connectivity index (χ2v) is 9.83. The average Bonchev–Trinajstić information content (AvgIpc) is 2.86. The highest BCUT2D eigenvalue weighted by Crippen LogP contribution is 2.30. The van der Waals surface area contributed by atoms with Crippen LogP contribution in [0.15, 0.2) is 77.7 Å². The number of nitriles is 1. The Bertz CT molecular complexity index is 1280. The van der Waals surface area contributed by atoms with Gasteiger partial charge in [-0.05, 0) is 66.3 Å². The Hall–Kier alpha value is -3.47. The van der Waals surface area contributed by atoms with Crippen LogP contribution in [0.4, 0.5) is 5.69 Å². The minimum absolute atomic E-state index is 0.0121. The van der Waals surface area contributed by atoms with Crippen LogP contribution in [0, 0.1) is 11.3 Å². The molecular weight excluding hydrogens is 434 g/mol. The summed E-state index contributed by atoms with van der Waals surface area (Å²) < 4.78 is 28.3. The van der Waals surface area contributed by atoms with Crippen LogP contribution in [0.5, 0.6) is 0 Å². The fourth-order valence-corrected chi connectivity index (χ4v) is 5.06. The van der Waals surface area contributed by atoms with Gasteiger partial charge in [0.2, 0.25) is 15.9 Å². The number of nitrogens with one attached hydrogen (secondary N) is 1. The van der Waals surface area contributed by atoms with Crippen LogP contribution in [0.25, 0.3) is 0 Å². The zero-order valence-corrected chi connectivity index (χ0v) is 19.0. The molecule has 1 amide bonds. The highest BCUT2D eigenvalue weighted by Gasteiger charge is 2.24. The van der Waals surface area contributed by atoms with E-state index in [2.05, 4.69) is 10.8 Å². The number of anilines is 1. The third kappa shape index (κ3) is 5.48. The van der Waals surface area contributed by atoms with Gasteiger partial charge in [0.15, 0.2) is 0 Å². The molecule has 0 bridgehead atoms. The zero-order valence-electron chi connectivity index (χ0n) is 18.2. The molecular formula is C26H25N3O3S. The van der Waals surface area contributed by atoms with Gasteiger partial charge in [-0.3, -0.25) is 4.79 Å². The van der Waals surface area contributed by atoms with E-state index < -0.39 is 10.0 Å². The van der Waals surface area contributed by atoms with E-state index in [1.807, 2.05) is 42.5 Å². The number of carbonyl (C=O) groups excluding carboxylic acids is 1. The molecule has 0 saturated heterocycles. The van der Waals surface area contributed by atoms with E-state index in [0.717, 1.165) is 35.2 Å². The van der Waals surface area contributed by atoms with Crippen molar-refractivity contribution in [1.29, 1.82) is 5.26 Å². The minimum atomic E-state index is -3.66. The third-order valence-corrected chi connectivity index (χ3v) is 7.20. The summed E-state index contributed by atoms with van der Waals surface area (Å²) in [5.74, 6) is 0.0121. The molecule has 3 aromatic carbocycles. The third-order valence-electron chi connectivity index (χ3n) is 5.80. The number of fused-ring (bicyclic) bond motifs is 1. The number of nitrogens with zero attached hydrogens (tertiary/aromatic N) is 2. The maximum atomic E-state index is 12.9. The summed E-state index contributed by atoms with van der Waals surface area (Å²) >= 11 is 0. The lowest BCUT2D eigenvalue weighted by Gasteiger charge is -2.30. The van der Waals surface area contributed by atoms with Gasteiger partial charge in [-0.2, -0.15) is 5.26 Å². The monoisotopic (exact) mass is 459 g/mol. The largest absolute Gasteiger partial charge is 0.312 e. The van der Waals surface area contributed by atoms with Crippen LogP contribution in [-0.2, 0) is 34.2 Å². The van der Waals surface area contributed by atoms with Gasteiger partial charge in [0.05, 0.1) is 16.5 Å². The van der Waals surface area contributed by atoms with E-state index in [1.54, 1.807) is 35.2 Å². The molecule has 0 unspecified atom stereocenters. The van der Waals surface area contributed by atoms with Gasteiger partial charge in [-0.15, -0.1) is 0 Å². The Morgan fingerprint density at radius 2 is 1.76 bits per heavy atom. The lowest BCUT2D eigenvalue weighted by Crippen LogP contribution is -2.35. The van der Waals surface area contributed by atoms with Crippen molar-refractivity contribution >= 4 is 21.6 Å². The van der Waals surface area contributed by atoms with Crippen molar-refractivity contribution in [2.24, 2.45) is 0 Å². The van der Waals surface area contributed by atoms with Crippen LogP contribution in [0.2, 0.25) is 0 Å². The number of amides is 1. The first-order chi connectivity index (χ1) is 16.0. The van der Waals surface area contributed by atoms with E-state index in [1.165, 1.54) is 0 Å². The fourth-order valence-electron chi connectivity index (χ4n) is 3.99. The van der Waals surface area contributed by atoms with Crippen molar-refractivity contribution in [2.45, 2.75) is 37.1 Å². The number of rotatable bonds is 7. The molecule has 4 rings (SSSR count). The first-order valence-corrected chi connectivity index (χ1v) is 12.4. The first kappa shape index (κ1) is 22.7. The van der Waals surface area contributed by atoms with E-state index in [4.69, 9.17) is 5.26 Å². The Kier molecular flexibility index (Phi) is 6.87. The van der Waals surface area contributed by atoms with Gasteiger partial charge in [-0.25, -0.2) is 13.1 Å². The van der Waals surface area contributed by atoms with Gasteiger partial charge >= 0.3 is 0 Å². The first-order valence-electron chi connectivity index (χ1n) is 10.9. The molecule has 6 nitrogen and oxygen atoms in total. The summed E-state index contributed by atoms with van der Waals surface area (Å²) in [6.07, 6.45) is 2.46. The smallest absolute Gasteiger partial charge is 0.240 e. The predicted octanol–water partition coefficient (Wildman–Crippen LogP) is 3.95. The summed E-state index contributed by atoms with van der Waals surface area (Å²) in [6.45, 7) is 0.845. The van der Waals surface area contributed by atoms with Crippen LogP contribution in [-0.4, -0.2) is 20.9 Å². The maximum absolute atomic E-state index is 12.9. The van der Waals surface area contributed by atoms with E-state index in [0.29, 0.717) is 24.9 Å². The molecule has 0 fully saturated rings. The quantitative estimate of drug-likeness (QED) is 0.579. The van der Waals surface area contributed by atoms with Gasteiger partial charge in [-0.1, -0.05) is 42.5 Å². The van der Waals surface area contributed by atoms with Crippen LogP contribution < -0.4 is 9.62 Å². The van der Waals surface area contributed by atoms with Gasteiger partial charge in [0, 0.05) is 25.2 Å². The SMILES string of the molecule is N#Cc1ccc(CCC(=O)N2CCCc3cc(S(=O)(=O)NCc4ccccc4)ccc32)cc1. The van der Waals surface area contributed by atoms with Crippen molar-refractivity contribution < 1.29 is 13.2 Å². The molecule has 33 heavy (non-hydrogen) atoms. The zero-order chi connectivity index (χ0) is 23.3. The number of hydrogen-bond acceptors (Lipinski definition) is 4. The number of carbonyl (C=O) groups is 1. The average molecular weight is 460 g/mol. The highest BCUT2D eigenvalue weighted by molar-refractivity contribution is 7.89. The van der Waals surface area contributed by atoms with Crippen molar-refractivity contribution in [3.05, 3.63) is 95.1 Å². The van der Waals surface area contributed by atoms with Crippen molar-refractivity contribution in [2.75, 3.05) is 11.4 Å². The Labute approximate surface area is 194 Å². The summed E-state index contributed by atoms with van der Waals surface area (Å²) in [6, 6.07) is 23.7. The molecule has 3 aromatic rings. The molecule has 1 N–H and O–H groups in total. The fraction of sp³-hybridized carbons (Fsp3) is 0.231. The summed E-state index contributed by atoms with van der Waals surface area (Å²) in [5, 5.41) is 8.91. The van der Waals surface area contributed by atoms with Gasteiger partial charge in [0.1, 0.15) is 0 Å². The molecule has 168 valence electrons. The highest BCUT2D eigenvalue weighted by atomic mass is 32.2. The molecule has 1 aliphatic heterocycles. The molecule has 7 heteroatoms. The Morgan fingerprint density at radius 3 is 2.48 bits per heavy atom. The number of hydrogen-bond donors (Lipinski definition) is 1. The summed E-state index contributed by atoms with van der Waals surface area (Å²) in [4.78, 5) is 14.9. The minimum Gasteiger partial charge on any atom is -0.312 e. The summed E-state index contributed by atoms with van der Waals surface area (Å²) in [7, 11) is -3.66. The number of sulfonamides is 1. The lowest BCUT2D eigenvalue weighted by atomic mass is 10.0. The molecule has 0 spiro atoms. The van der Waals surface area contributed by atoms with E-state index in [-0.39, 0.29) is 17.3 Å². The molecule has 1 aliphatic rings. The second kappa shape index (κ2) is 9.99. The van der Waals surface area contributed by atoms with Gasteiger partial charge < -0.3 is 4.90 Å². The van der Waals surface area contributed by atoms with Crippen molar-refractivity contribution in [3.63, 3.8) is 0 Å². The lowest BCUT2D eigenvalue weighted by molar-refractivity contribution is -0.118. The molecule has 0 saturated carbocycles. The molecule has 0 aliphatic carbocycles. The van der Waals surface area contributed by atoms with E-state index in [9.17, 15) is 13.2 Å². The second-order valence-electron chi connectivity index (χ2n) is 8.06. The molecule has 0 aromatic heterocycles. The van der Waals surface area contributed by atoms with Crippen LogP contribution in [0.1, 0.15) is 35.1 Å². The topological polar surface area (TPSA) is 90.3 Å². The normalized spacial score (nSPS) is 13.2. The van der Waals surface area contributed by atoms with Crippen molar-refractivity contribution in [3.8, 4) is 6.07 Å². The Balaban J connectivity index is 1.44. The van der Waals surface area contributed by atoms with Gasteiger partial charge in [0.25, 0.3) is 0 Å². The van der Waals surface area contributed by atoms with Crippen molar-refractivity contribution in [1.82, 2.24) is 4.72 Å². The number of benzene rings is 3. The molecule has 0 atom stereocenters. The maximum Gasteiger partial charge on any atom is 0.240 e. The standard InChI is InChI=1S/C26H25N3O3S/c27-18-21-10-8-20(9-11-21)12-15-26(30)29-16-4-7-23-17-24(13-14-25(23)29)33(31,32)28-19-22-5-2-1-3-6-22/h1-3,5-6,8-11,13-14,17,28H,4,7,12,15-16,19H2. The predicted molar refractivity (Wildman–Crippen MR) is 127 cm³/mol. The van der Waals surface area contributed by atoms with E-state index >= 15 is 0 Å². The Morgan fingerprint density at radius 1 is 1.00 bits per heavy atom. The molecule has 0 radical (unpaired) electrons.